The van der Waals surface area contributed by atoms with Crippen LogP contribution in [0.15, 0.2) is 28.7 Å². The summed E-state index contributed by atoms with van der Waals surface area (Å²) in [6, 6.07) is 5.79. The van der Waals surface area contributed by atoms with Crippen molar-refractivity contribution in [2.45, 2.75) is 18.6 Å². The average molecular weight is 314 g/mol. The lowest BCUT2D eigenvalue weighted by Gasteiger charge is -2.21. The van der Waals surface area contributed by atoms with E-state index in [0.29, 0.717) is 5.56 Å². The van der Waals surface area contributed by atoms with E-state index < -0.39 is 18.1 Å². The molecule has 18 heavy (non-hydrogen) atoms. The van der Waals surface area contributed by atoms with Crippen molar-refractivity contribution in [2.75, 3.05) is 6.54 Å². The van der Waals surface area contributed by atoms with Crippen molar-refractivity contribution in [1.82, 2.24) is 4.90 Å². The fourth-order valence-electron chi connectivity index (χ4n) is 2.06. The van der Waals surface area contributed by atoms with Crippen molar-refractivity contribution in [3.8, 4) is 0 Å². The van der Waals surface area contributed by atoms with E-state index in [2.05, 4.69) is 15.9 Å². The Bertz CT molecular complexity index is 491. The summed E-state index contributed by atoms with van der Waals surface area (Å²) in [4.78, 5) is 24.4. The molecule has 0 unspecified atom stereocenters. The number of carboxylic acid groups (broad SMARTS) is 1. The molecular formula is C12H12BrNO4. The number of aliphatic hydroxyl groups excluding tert-OH is 1. The number of nitrogens with zero attached hydrogens (tertiary/aromatic N) is 1. The molecule has 0 bridgehead atoms. The van der Waals surface area contributed by atoms with Gasteiger partial charge in [-0.25, -0.2) is 4.79 Å². The fraction of sp³-hybridized carbons (Fsp3) is 0.333. The highest BCUT2D eigenvalue weighted by Gasteiger charge is 2.39. The largest absolute Gasteiger partial charge is 0.480 e. The Morgan fingerprint density at radius 3 is 2.72 bits per heavy atom. The number of amides is 1. The molecule has 0 aromatic heterocycles. The first kappa shape index (κ1) is 13.0. The first-order valence-electron chi connectivity index (χ1n) is 5.46. The molecule has 2 N–H and O–H groups in total. The van der Waals surface area contributed by atoms with Crippen LogP contribution in [0.1, 0.15) is 16.8 Å². The van der Waals surface area contributed by atoms with Crippen molar-refractivity contribution in [1.29, 1.82) is 0 Å². The minimum absolute atomic E-state index is 0.0579. The van der Waals surface area contributed by atoms with Crippen LogP contribution in [0.5, 0.6) is 0 Å². The fourth-order valence-corrected chi connectivity index (χ4v) is 2.46. The predicted molar refractivity (Wildman–Crippen MR) is 67.2 cm³/mol. The number of carbonyl (C=O) groups excluding carboxylic acids is 1. The van der Waals surface area contributed by atoms with E-state index in [1.165, 1.54) is 4.90 Å². The molecule has 1 heterocycles. The molecule has 2 atom stereocenters. The Morgan fingerprint density at radius 1 is 1.39 bits per heavy atom. The molecule has 1 aliphatic rings. The molecule has 1 fully saturated rings. The van der Waals surface area contributed by atoms with Crippen molar-refractivity contribution in [3.63, 3.8) is 0 Å². The van der Waals surface area contributed by atoms with Crippen LogP contribution < -0.4 is 0 Å². The number of rotatable bonds is 2. The molecule has 6 heteroatoms. The van der Waals surface area contributed by atoms with Gasteiger partial charge in [0.05, 0.1) is 6.10 Å². The van der Waals surface area contributed by atoms with Crippen LogP contribution in [0.25, 0.3) is 0 Å². The van der Waals surface area contributed by atoms with Gasteiger partial charge in [0.2, 0.25) is 0 Å². The second-order valence-corrected chi connectivity index (χ2v) is 5.13. The van der Waals surface area contributed by atoms with Gasteiger partial charge in [-0.15, -0.1) is 0 Å². The Hall–Kier alpha value is -1.40. The van der Waals surface area contributed by atoms with E-state index in [0.717, 1.165) is 4.47 Å². The lowest BCUT2D eigenvalue weighted by atomic mass is 10.1. The molecule has 0 saturated carbocycles. The summed E-state index contributed by atoms with van der Waals surface area (Å²) in [7, 11) is 0. The molecule has 1 amide bonds. The van der Waals surface area contributed by atoms with E-state index in [-0.39, 0.29) is 18.9 Å². The van der Waals surface area contributed by atoms with E-state index >= 15 is 0 Å². The zero-order valence-corrected chi connectivity index (χ0v) is 11.0. The van der Waals surface area contributed by atoms with Crippen LogP contribution in [0.3, 0.4) is 0 Å². The maximum absolute atomic E-state index is 12.2. The summed E-state index contributed by atoms with van der Waals surface area (Å²) in [6.07, 6.45) is -0.697. The van der Waals surface area contributed by atoms with Crippen LogP contribution >= 0.6 is 15.9 Å². The van der Waals surface area contributed by atoms with Gasteiger partial charge >= 0.3 is 5.97 Å². The molecule has 1 saturated heterocycles. The first-order valence-corrected chi connectivity index (χ1v) is 6.25. The number of β-amino-alcohol motifs (C(OH)–C–C–N with tert-alkyl or cyclic N) is 1. The number of carbonyl (C=O) groups is 2. The second kappa shape index (κ2) is 5.07. The van der Waals surface area contributed by atoms with Gasteiger partial charge in [0.1, 0.15) is 6.04 Å². The summed E-state index contributed by atoms with van der Waals surface area (Å²) in [5, 5.41) is 18.5. The number of aliphatic hydroxyl groups is 1. The van der Waals surface area contributed by atoms with Crippen LogP contribution in [-0.4, -0.2) is 45.7 Å². The average Bonchev–Trinajstić information content (AvgIpc) is 2.70. The van der Waals surface area contributed by atoms with E-state index in [4.69, 9.17) is 5.11 Å². The number of carboxylic acids is 1. The minimum atomic E-state index is -1.09. The number of hydrogen-bond donors (Lipinski definition) is 2. The van der Waals surface area contributed by atoms with Crippen LogP contribution in [0.2, 0.25) is 0 Å². The number of likely N-dealkylation sites (tertiary alicyclic amines) is 1. The zero-order valence-electron chi connectivity index (χ0n) is 9.41. The Labute approximate surface area is 112 Å². The molecule has 0 spiro atoms. The maximum atomic E-state index is 12.2. The maximum Gasteiger partial charge on any atom is 0.326 e. The number of hydrogen-bond acceptors (Lipinski definition) is 3. The quantitative estimate of drug-likeness (QED) is 0.857. The van der Waals surface area contributed by atoms with Gasteiger partial charge in [-0.2, -0.15) is 0 Å². The molecule has 2 rings (SSSR count). The standard InChI is InChI=1S/C12H12BrNO4/c13-8-3-1-2-7(4-8)11(16)14-6-9(15)5-10(14)12(17)18/h1-4,9-10,15H,5-6H2,(H,17,18)/t9-,10-/m1/s1. The highest BCUT2D eigenvalue weighted by Crippen LogP contribution is 2.22. The molecule has 5 nitrogen and oxygen atoms in total. The van der Waals surface area contributed by atoms with Crippen LogP contribution in [-0.2, 0) is 4.79 Å². The summed E-state index contributed by atoms with van der Waals surface area (Å²) >= 11 is 3.26. The van der Waals surface area contributed by atoms with E-state index in [1.54, 1.807) is 24.3 Å². The molecular weight excluding hydrogens is 302 g/mol. The third-order valence-corrected chi connectivity index (χ3v) is 3.39. The summed E-state index contributed by atoms with van der Waals surface area (Å²) in [5.74, 6) is -1.46. The number of halogens is 1. The molecule has 0 aliphatic carbocycles. The Kier molecular flexibility index (Phi) is 3.68. The normalized spacial score (nSPS) is 23.1. The lowest BCUT2D eigenvalue weighted by Crippen LogP contribution is -2.40. The predicted octanol–water partition coefficient (Wildman–Crippen LogP) is 1.11. The van der Waals surface area contributed by atoms with Crippen molar-refractivity contribution < 1.29 is 19.8 Å². The summed E-state index contributed by atoms with van der Waals surface area (Å²) < 4.78 is 0.750. The molecule has 1 aromatic carbocycles. The van der Waals surface area contributed by atoms with Gasteiger partial charge < -0.3 is 15.1 Å². The molecule has 96 valence electrons. The van der Waals surface area contributed by atoms with Crippen LogP contribution in [0.4, 0.5) is 0 Å². The lowest BCUT2D eigenvalue weighted by molar-refractivity contribution is -0.141. The van der Waals surface area contributed by atoms with E-state index in [9.17, 15) is 14.7 Å². The van der Waals surface area contributed by atoms with Crippen molar-refractivity contribution >= 4 is 27.8 Å². The summed E-state index contributed by atoms with van der Waals surface area (Å²) in [6.45, 7) is 0.0579. The van der Waals surface area contributed by atoms with E-state index in [1.807, 2.05) is 0 Å². The monoisotopic (exact) mass is 313 g/mol. The van der Waals surface area contributed by atoms with Crippen molar-refractivity contribution in [2.24, 2.45) is 0 Å². The number of aliphatic carboxylic acids is 1. The molecule has 0 radical (unpaired) electrons. The Morgan fingerprint density at radius 2 is 2.11 bits per heavy atom. The minimum Gasteiger partial charge on any atom is -0.480 e. The van der Waals surface area contributed by atoms with Gasteiger partial charge in [0, 0.05) is 23.0 Å². The second-order valence-electron chi connectivity index (χ2n) is 4.21. The van der Waals surface area contributed by atoms with Gasteiger partial charge in [-0.1, -0.05) is 22.0 Å². The molecule has 1 aromatic rings. The van der Waals surface area contributed by atoms with Gasteiger partial charge in [-0.05, 0) is 18.2 Å². The van der Waals surface area contributed by atoms with Gasteiger partial charge in [0.25, 0.3) is 5.91 Å². The van der Waals surface area contributed by atoms with Crippen molar-refractivity contribution in [3.05, 3.63) is 34.3 Å². The first-order chi connectivity index (χ1) is 8.49. The molecule has 1 aliphatic heterocycles. The van der Waals surface area contributed by atoms with Gasteiger partial charge in [-0.3, -0.25) is 4.79 Å². The zero-order chi connectivity index (χ0) is 13.3. The Balaban J connectivity index is 2.25. The number of benzene rings is 1. The SMILES string of the molecule is O=C(O)[C@H]1C[C@@H](O)CN1C(=O)c1cccc(Br)c1. The highest BCUT2D eigenvalue weighted by atomic mass is 79.9. The summed E-state index contributed by atoms with van der Waals surface area (Å²) in [5.41, 5.74) is 0.407. The third-order valence-electron chi connectivity index (χ3n) is 2.90. The third kappa shape index (κ3) is 2.54. The van der Waals surface area contributed by atoms with Gasteiger partial charge in [0.15, 0.2) is 0 Å². The smallest absolute Gasteiger partial charge is 0.326 e. The highest BCUT2D eigenvalue weighted by molar-refractivity contribution is 9.10. The van der Waals surface area contributed by atoms with Crippen LogP contribution in [0, 0.1) is 0 Å². The topological polar surface area (TPSA) is 77.8 Å².